The van der Waals surface area contributed by atoms with E-state index in [1.54, 1.807) is 54.2 Å². The number of methoxy groups -OCH3 is 1. The summed E-state index contributed by atoms with van der Waals surface area (Å²) >= 11 is 1.28. The molecule has 3 aromatic rings. The van der Waals surface area contributed by atoms with Crippen LogP contribution in [0.25, 0.3) is 10.9 Å². The van der Waals surface area contributed by atoms with Gasteiger partial charge < -0.3 is 4.74 Å². The molecule has 6 heteroatoms. The fourth-order valence-corrected chi connectivity index (χ4v) is 3.72. The molecule has 0 aliphatic carbocycles. The molecule has 27 heavy (non-hydrogen) atoms. The lowest BCUT2D eigenvalue weighted by Gasteiger charge is -2.15. The summed E-state index contributed by atoms with van der Waals surface area (Å²) < 4.78 is 6.68. The molecule has 3 rings (SSSR count). The van der Waals surface area contributed by atoms with Gasteiger partial charge in [-0.15, -0.1) is 6.58 Å². The molecule has 0 bridgehead atoms. The molecule has 0 amide bonds. The van der Waals surface area contributed by atoms with E-state index in [-0.39, 0.29) is 11.3 Å². The Morgan fingerprint density at radius 1 is 1.26 bits per heavy atom. The van der Waals surface area contributed by atoms with Gasteiger partial charge in [-0.1, -0.05) is 30.0 Å². The van der Waals surface area contributed by atoms with Crippen LogP contribution in [-0.2, 0) is 6.54 Å². The Labute approximate surface area is 161 Å². The van der Waals surface area contributed by atoms with Crippen molar-refractivity contribution in [3.05, 3.63) is 77.1 Å². The number of Topliss-reactive ketones (excluding diaryl/α,β-unsaturated/α-hetero) is 1. The fourth-order valence-electron chi connectivity index (χ4n) is 2.73. The Morgan fingerprint density at radius 2 is 1.96 bits per heavy atom. The second-order valence-electron chi connectivity index (χ2n) is 5.97. The van der Waals surface area contributed by atoms with Crippen molar-refractivity contribution in [2.75, 3.05) is 7.11 Å². The number of allylic oxidation sites excluding steroid dienone is 1. The lowest BCUT2D eigenvalue weighted by atomic mass is 10.1. The lowest BCUT2D eigenvalue weighted by Crippen LogP contribution is -2.24. The van der Waals surface area contributed by atoms with Gasteiger partial charge in [0.15, 0.2) is 10.9 Å². The van der Waals surface area contributed by atoms with Crippen LogP contribution in [0, 0.1) is 0 Å². The van der Waals surface area contributed by atoms with Crippen LogP contribution in [0.4, 0.5) is 0 Å². The molecule has 1 aromatic heterocycles. The van der Waals surface area contributed by atoms with Gasteiger partial charge in [0.05, 0.1) is 23.3 Å². The van der Waals surface area contributed by atoms with Crippen molar-refractivity contribution >= 4 is 28.4 Å². The third-order valence-corrected chi connectivity index (χ3v) is 5.25. The zero-order valence-electron chi connectivity index (χ0n) is 15.2. The van der Waals surface area contributed by atoms with E-state index < -0.39 is 5.25 Å². The fraction of sp³-hybridized carbons (Fsp3) is 0.190. The van der Waals surface area contributed by atoms with Crippen LogP contribution in [0.1, 0.15) is 17.3 Å². The summed E-state index contributed by atoms with van der Waals surface area (Å²) in [4.78, 5) is 30.2. The molecule has 0 spiro atoms. The molecule has 0 aliphatic rings. The number of ketones is 1. The summed E-state index contributed by atoms with van der Waals surface area (Å²) in [5, 5.41) is 0.660. The normalized spacial score (nSPS) is 11.9. The number of hydrogen-bond donors (Lipinski definition) is 0. The van der Waals surface area contributed by atoms with Crippen molar-refractivity contribution in [3.63, 3.8) is 0 Å². The van der Waals surface area contributed by atoms with Crippen molar-refractivity contribution in [2.45, 2.75) is 23.9 Å². The second-order valence-corrected chi connectivity index (χ2v) is 7.28. The van der Waals surface area contributed by atoms with Crippen LogP contribution in [0.2, 0.25) is 0 Å². The molecular weight excluding hydrogens is 360 g/mol. The monoisotopic (exact) mass is 380 g/mol. The van der Waals surface area contributed by atoms with Crippen LogP contribution >= 0.6 is 11.8 Å². The van der Waals surface area contributed by atoms with Crippen LogP contribution < -0.4 is 10.3 Å². The number of thioether (sulfide) groups is 1. The second kappa shape index (κ2) is 8.22. The molecule has 0 saturated carbocycles. The summed E-state index contributed by atoms with van der Waals surface area (Å²) in [6.07, 6.45) is 1.65. The van der Waals surface area contributed by atoms with Gasteiger partial charge in [0.2, 0.25) is 0 Å². The van der Waals surface area contributed by atoms with Crippen molar-refractivity contribution in [2.24, 2.45) is 0 Å². The van der Waals surface area contributed by atoms with Crippen molar-refractivity contribution in [1.29, 1.82) is 0 Å². The van der Waals surface area contributed by atoms with E-state index in [9.17, 15) is 9.59 Å². The summed E-state index contributed by atoms with van der Waals surface area (Å²) in [7, 11) is 1.58. The van der Waals surface area contributed by atoms with Gasteiger partial charge in [0, 0.05) is 12.1 Å². The first-order valence-electron chi connectivity index (χ1n) is 8.50. The number of rotatable bonds is 7. The highest BCUT2D eigenvalue weighted by molar-refractivity contribution is 8.00. The predicted molar refractivity (Wildman–Crippen MR) is 109 cm³/mol. The molecule has 1 heterocycles. The summed E-state index contributed by atoms with van der Waals surface area (Å²) in [6, 6.07) is 14.2. The topological polar surface area (TPSA) is 61.2 Å². The first-order valence-corrected chi connectivity index (χ1v) is 9.38. The zero-order valence-corrected chi connectivity index (χ0v) is 16.0. The minimum atomic E-state index is -0.400. The van der Waals surface area contributed by atoms with Crippen molar-refractivity contribution in [3.8, 4) is 5.75 Å². The van der Waals surface area contributed by atoms with Crippen LogP contribution in [0.3, 0.4) is 0 Å². The highest BCUT2D eigenvalue weighted by Crippen LogP contribution is 2.25. The third-order valence-electron chi connectivity index (χ3n) is 4.16. The number of para-hydroxylation sites is 1. The average Bonchev–Trinajstić information content (AvgIpc) is 2.70. The molecule has 138 valence electrons. The van der Waals surface area contributed by atoms with E-state index in [1.165, 1.54) is 11.8 Å². The van der Waals surface area contributed by atoms with Crippen LogP contribution in [0.5, 0.6) is 5.75 Å². The van der Waals surface area contributed by atoms with Gasteiger partial charge in [0.1, 0.15) is 5.75 Å². The first-order chi connectivity index (χ1) is 13.0. The van der Waals surface area contributed by atoms with E-state index in [1.807, 2.05) is 19.1 Å². The lowest BCUT2D eigenvalue weighted by molar-refractivity contribution is 0.0994. The van der Waals surface area contributed by atoms with Crippen molar-refractivity contribution in [1.82, 2.24) is 9.55 Å². The molecule has 1 atom stereocenters. The number of ether oxygens (including phenoxy) is 1. The minimum Gasteiger partial charge on any atom is -0.497 e. The zero-order chi connectivity index (χ0) is 19.4. The number of fused-ring (bicyclic) bond motifs is 1. The van der Waals surface area contributed by atoms with E-state index in [0.717, 1.165) is 0 Å². The standard InChI is InChI=1S/C21H20N2O3S/c1-4-13-23-20(25)17-7-5-6-8-18(17)22-21(23)27-14(2)19(24)15-9-11-16(26-3)12-10-15/h4-12,14H,1,13H2,2-3H3. The van der Waals surface area contributed by atoms with Gasteiger partial charge in [-0.3, -0.25) is 14.2 Å². The largest absolute Gasteiger partial charge is 0.497 e. The van der Waals surface area contributed by atoms with Gasteiger partial charge in [0.25, 0.3) is 5.56 Å². The Kier molecular flexibility index (Phi) is 5.76. The van der Waals surface area contributed by atoms with Gasteiger partial charge in [-0.05, 0) is 43.3 Å². The van der Waals surface area contributed by atoms with E-state index in [2.05, 4.69) is 11.6 Å². The maximum Gasteiger partial charge on any atom is 0.262 e. The predicted octanol–water partition coefficient (Wildman–Crippen LogP) is 3.95. The molecule has 0 aliphatic heterocycles. The van der Waals surface area contributed by atoms with Crippen molar-refractivity contribution < 1.29 is 9.53 Å². The van der Waals surface area contributed by atoms with E-state index in [4.69, 9.17) is 4.74 Å². The smallest absolute Gasteiger partial charge is 0.262 e. The molecule has 0 saturated heterocycles. The minimum absolute atomic E-state index is 0.0322. The Morgan fingerprint density at radius 3 is 2.63 bits per heavy atom. The maximum absolute atomic E-state index is 12.8. The molecule has 0 fully saturated rings. The highest BCUT2D eigenvalue weighted by atomic mass is 32.2. The Bertz CT molecular complexity index is 1040. The Balaban J connectivity index is 1.94. The number of aromatic nitrogens is 2. The van der Waals surface area contributed by atoms with Gasteiger partial charge in [-0.25, -0.2) is 4.98 Å². The van der Waals surface area contributed by atoms with Gasteiger partial charge >= 0.3 is 0 Å². The third kappa shape index (κ3) is 3.95. The molecule has 5 nitrogen and oxygen atoms in total. The highest BCUT2D eigenvalue weighted by Gasteiger charge is 2.20. The molecule has 2 aromatic carbocycles. The van der Waals surface area contributed by atoms with Crippen LogP contribution in [0.15, 0.2) is 71.1 Å². The number of hydrogen-bond acceptors (Lipinski definition) is 5. The average molecular weight is 380 g/mol. The molecular formula is C21H20N2O3S. The number of nitrogens with zero attached hydrogens (tertiary/aromatic N) is 2. The first kappa shape index (κ1) is 18.9. The summed E-state index contributed by atoms with van der Waals surface area (Å²) in [6.45, 7) is 5.87. The number of carbonyl (C=O) groups excluding carboxylic acids is 1. The molecule has 0 N–H and O–H groups in total. The SMILES string of the molecule is C=CCn1c(SC(C)C(=O)c2ccc(OC)cc2)nc2ccccc2c1=O. The number of benzene rings is 2. The number of carbonyl (C=O) groups is 1. The molecule has 1 unspecified atom stereocenters. The van der Waals surface area contributed by atoms with E-state index in [0.29, 0.717) is 33.9 Å². The molecule has 0 radical (unpaired) electrons. The summed E-state index contributed by atoms with van der Waals surface area (Å²) in [5.74, 6) is 0.665. The maximum atomic E-state index is 12.8. The van der Waals surface area contributed by atoms with Gasteiger partial charge in [-0.2, -0.15) is 0 Å². The summed E-state index contributed by atoms with van der Waals surface area (Å²) in [5.41, 5.74) is 1.08. The quantitative estimate of drug-likeness (QED) is 0.269. The Hall–Kier alpha value is -2.86. The van der Waals surface area contributed by atoms with E-state index >= 15 is 0 Å². The van der Waals surface area contributed by atoms with Crippen LogP contribution in [-0.4, -0.2) is 27.7 Å².